The summed E-state index contributed by atoms with van der Waals surface area (Å²) in [5.41, 5.74) is -0.980. The lowest BCUT2D eigenvalue weighted by atomic mass is 10.0. The van der Waals surface area contributed by atoms with E-state index in [1.54, 1.807) is 5.38 Å². The second kappa shape index (κ2) is 4.14. The molecule has 2 fully saturated rings. The second-order valence-corrected chi connectivity index (χ2v) is 5.52. The number of urea groups is 1. The third-order valence-corrected chi connectivity index (χ3v) is 4.36. The van der Waals surface area contributed by atoms with Gasteiger partial charge in [-0.1, -0.05) is 0 Å². The molecular formula is C12H10N2O5S. The Kier molecular flexibility index (Phi) is 2.65. The molecular weight excluding hydrogens is 284 g/mol. The van der Waals surface area contributed by atoms with Crippen LogP contribution in [0.25, 0.3) is 0 Å². The number of carbonyl (C=O) groups is 4. The number of nitrogens with one attached hydrogen (secondary N) is 1. The number of hydrogen-bond donors (Lipinski definition) is 1. The van der Waals surface area contributed by atoms with Crippen LogP contribution in [0.15, 0.2) is 11.4 Å². The molecule has 1 saturated carbocycles. The summed E-state index contributed by atoms with van der Waals surface area (Å²) in [6.45, 7) is 0. The van der Waals surface area contributed by atoms with Crippen molar-refractivity contribution in [3.05, 3.63) is 16.3 Å². The maximum absolute atomic E-state index is 12.4. The first-order valence-electron chi connectivity index (χ1n) is 5.87. The van der Waals surface area contributed by atoms with Crippen molar-refractivity contribution in [1.82, 2.24) is 5.32 Å². The van der Waals surface area contributed by atoms with Crippen molar-refractivity contribution in [3.63, 3.8) is 0 Å². The molecule has 0 atom stereocenters. The van der Waals surface area contributed by atoms with Crippen LogP contribution in [0.3, 0.4) is 0 Å². The van der Waals surface area contributed by atoms with E-state index in [9.17, 15) is 19.2 Å². The van der Waals surface area contributed by atoms with E-state index in [1.807, 2.05) is 0 Å². The van der Waals surface area contributed by atoms with Gasteiger partial charge in [0.2, 0.25) is 5.91 Å². The first-order chi connectivity index (χ1) is 9.51. The molecule has 0 unspecified atom stereocenters. The highest BCUT2D eigenvalue weighted by Gasteiger charge is 2.62. The van der Waals surface area contributed by atoms with Crippen molar-refractivity contribution >= 4 is 40.8 Å². The minimum atomic E-state index is -1.14. The van der Waals surface area contributed by atoms with Crippen LogP contribution in [0.4, 0.5) is 10.5 Å². The van der Waals surface area contributed by atoms with Crippen LogP contribution < -0.4 is 10.2 Å². The largest absolute Gasteiger partial charge is 0.465 e. The molecule has 1 aliphatic heterocycles. The molecule has 0 bridgehead atoms. The summed E-state index contributed by atoms with van der Waals surface area (Å²) in [7, 11) is 1.22. The number of thiophene rings is 1. The third-order valence-electron chi connectivity index (χ3n) is 3.48. The van der Waals surface area contributed by atoms with Crippen LogP contribution in [0.2, 0.25) is 0 Å². The standard InChI is InChI=1S/C12H10N2O5S/c1-19-8(15)7-6(2-5-20-7)14-10(17)12(3-4-12)9(16)13-11(14)18/h2,5H,3-4H2,1H3,(H,13,16,18). The molecule has 4 amide bonds. The molecule has 3 rings (SSSR count). The molecule has 20 heavy (non-hydrogen) atoms. The highest BCUT2D eigenvalue weighted by Crippen LogP contribution is 2.50. The number of barbiturate groups is 1. The van der Waals surface area contributed by atoms with E-state index < -0.39 is 29.2 Å². The van der Waals surface area contributed by atoms with Crippen LogP contribution in [0, 0.1) is 5.41 Å². The van der Waals surface area contributed by atoms with Gasteiger partial charge in [-0.25, -0.2) is 14.5 Å². The summed E-state index contributed by atoms with van der Waals surface area (Å²) >= 11 is 1.07. The second-order valence-electron chi connectivity index (χ2n) is 4.61. The van der Waals surface area contributed by atoms with Crippen molar-refractivity contribution in [3.8, 4) is 0 Å². The monoisotopic (exact) mass is 294 g/mol. The fourth-order valence-corrected chi connectivity index (χ4v) is 2.98. The molecule has 2 heterocycles. The summed E-state index contributed by atoms with van der Waals surface area (Å²) < 4.78 is 4.62. The maximum Gasteiger partial charge on any atom is 0.350 e. The number of carbonyl (C=O) groups excluding carboxylic acids is 4. The molecule has 0 aromatic carbocycles. The molecule has 1 saturated heterocycles. The molecule has 0 radical (unpaired) electrons. The molecule has 2 aliphatic rings. The van der Waals surface area contributed by atoms with Crippen LogP contribution >= 0.6 is 11.3 Å². The Labute approximate surface area is 117 Å². The minimum absolute atomic E-state index is 0.154. The number of anilines is 1. The van der Waals surface area contributed by atoms with Crippen molar-refractivity contribution < 1.29 is 23.9 Å². The zero-order valence-corrected chi connectivity index (χ0v) is 11.3. The first-order valence-corrected chi connectivity index (χ1v) is 6.75. The van der Waals surface area contributed by atoms with Crippen LogP contribution in [-0.2, 0) is 14.3 Å². The van der Waals surface area contributed by atoms with Gasteiger partial charge in [0.1, 0.15) is 10.3 Å². The van der Waals surface area contributed by atoms with E-state index in [-0.39, 0.29) is 10.6 Å². The Hall–Kier alpha value is -2.22. The zero-order valence-electron chi connectivity index (χ0n) is 10.5. The topological polar surface area (TPSA) is 92.8 Å². The van der Waals surface area contributed by atoms with Gasteiger partial charge in [0.25, 0.3) is 5.91 Å². The van der Waals surface area contributed by atoms with Gasteiger partial charge >= 0.3 is 12.0 Å². The molecule has 1 aromatic heterocycles. The van der Waals surface area contributed by atoms with Gasteiger partial charge in [0.05, 0.1) is 12.8 Å². The zero-order chi connectivity index (χ0) is 14.5. The van der Waals surface area contributed by atoms with Gasteiger partial charge in [-0.05, 0) is 24.3 Å². The molecule has 1 aliphatic carbocycles. The van der Waals surface area contributed by atoms with Gasteiger partial charge in [0.15, 0.2) is 0 Å². The number of hydrogen-bond acceptors (Lipinski definition) is 6. The summed E-state index contributed by atoms with van der Waals surface area (Å²) in [6, 6.07) is 0.654. The Morgan fingerprint density at radius 2 is 2.10 bits per heavy atom. The van der Waals surface area contributed by atoms with Gasteiger partial charge < -0.3 is 4.74 Å². The quantitative estimate of drug-likeness (QED) is 0.646. The maximum atomic E-state index is 12.4. The molecule has 1 aromatic rings. The minimum Gasteiger partial charge on any atom is -0.465 e. The fourth-order valence-electron chi connectivity index (χ4n) is 2.18. The van der Waals surface area contributed by atoms with Gasteiger partial charge in [-0.15, -0.1) is 11.3 Å². The third kappa shape index (κ3) is 1.58. The highest BCUT2D eigenvalue weighted by atomic mass is 32.1. The molecule has 1 N–H and O–H groups in total. The van der Waals surface area contributed by atoms with Crippen molar-refractivity contribution in [2.24, 2.45) is 5.41 Å². The van der Waals surface area contributed by atoms with Gasteiger partial charge in [-0.2, -0.15) is 0 Å². The van der Waals surface area contributed by atoms with Gasteiger partial charge in [0, 0.05) is 0 Å². The number of methoxy groups -OCH3 is 1. The Balaban J connectivity index is 2.03. The predicted molar refractivity (Wildman–Crippen MR) is 68.4 cm³/mol. The number of rotatable bonds is 2. The summed E-state index contributed by atoms with van der Waals surface area (Å²) in [6.07, 6.45) is 0.832. The number of esters is 1. The molecule has 7 nitrogen and oxygen atoms in total. The normalized spacial score (nSPS) is 20.1. The first kappa shape index (κ1) is 12.8. The highest BCUT2D eigenvalue weighted by molar-refractivity contribution is 7.12. The number of nitrogens with zero attached hydrogens (tertiary/aromatic N) is 1. The molecule has 8 heteroatoms. The Morgan fingerprint density at radius 3 is 2.70 bits per heavy atom. The van der Waals surface area contributed by atoms with Crippen molar-refractivity contribution in [2.45, 2.75) is 12.8 Å². The smallest absolute Gasteiger partial charge is 0.350 e. The van der Waals surface area contributed by atoms with Crippen LogP contribution in [-0.4, -0.2) is 30.9 Å². The van der Waals surface area contributed by atoms with E-state index in [0.717, 1.165) is 16.2 Å². The predicted octanol–water partition coefficient (Wildman–Crippen LogP) is 0.898. The summed E-state index contributed by atoms with van der Waals surface area (Å²) in [5, 5.41) is 3.75. The van der Waals surface area contributed by atoms with E-state index in [2.05, 4.69) is 10.1 Å². The average molecular weight is 294 g/mol. The Morgan fingerprint density at radius 1 is 1.40 bits per heavy atom. The Bertz CT molecular complexity index is 646. The lowest BCUT2D eigenvalue weighted by Gasteiger charge is -2.29. The van der Waals surface area contributed by atoms with E-state index in [0.29, 0.717) is 12.8 Å². The molecule has 1 spiro atoms. The summed E-state index contributed by atoms with van der Waals surface area (Å²) in [4.78, 5) is 48.7. The number of amides is 4. The average Bonchev–Trinajstić information content (AvgIpc) is 3.10. The summed E-state index contributed by atoms with van der Waals surface area (Å²) in [5.74, 6) is -1.76. The fraction of sp³-hybridized carbons (Fsp3) is 0.333. The van der Waals surface area contributed by atoms with Crippen molar-refractivity contribution in [1.29, 1.82) is 0 Å². The van der Waals surface area contributed by atoms with Crippen molar-refractivity contribution in [2.75, 3.05) is 12.0 Å². The lowest BCUT2D eigenvalue weighted by Crippen LogP contribution is -2.59. The van der Waals surface area contributed by atoms with Crippen LogP contribution in [0.5, 0.6) is 0 Å². The number of ether oxygens (including phenoxy) is 1. The number of imide groups is 2. The molecule has 104 valence electrons. The van der Waals surface area contributed by atoms with E-state index in [4.69, 9.17) is 0 Å². The SMILES string of the molecule is COC(=O)c1sccc1N1C(=O)NC(=O)C2(CC2)C1=O. The van der Waals surface area contributed by atoms with E-state index >= 15 is 0 Å². The van der Waals surface area contributed by atoms with Gasteiger partial charge in [-0.3, -0.25) is 14.9 Å². The van der Waals surface area contributed by atoms with Crippen LogP contribution in [0.1, 0.15) is 22.5 Å². The van der Waals surface area contributed by atoms with E-state index in [1.165, 1.54) is 13.2 Å². The lowest BCUT2D eigenvalue weighted by molar-refractivity contribution is -0.136.